The third kappa shape index (κ3) is 3.87. The molecule has 0 aliphatic heterocycles. The fourth-order valence-electron chi connectivity index (χ4n) is 1.21. The Balaban J connectivity index is 4.27. The van der Waals surface area contributed by atoms with E-state index in [0.717, 1.165) is 6.42 Å². The van der Waals surface area contributed by atoms with Crippen LogP contribution in [0.1, 0.15) is 40.5 Å². The molecule has 0 saturated heterocycles. The summed E-state index contributed by atoms with van der Waals surface area (Å²) in [6, 6.07) is 0. The Labute approximate surface area is 80.4 Å². The van der Waals surface area contributed by atoms with Crippen LogP contribution in [0, 0.1) is 0 Å². The van der Waals surface area contributed by atoms with Crippen molar-refractivity contribution in [3.63, 3.8) is 0 Å². The zero-order valence-electron chi connectivity index (χ0n) is 9.05. The van der Waals surface area contributed by atoms with E-state index in [0.29, 0.717) is 19.6 Å². The molecule has 78 valence electrons. The number of hydrogen-bond acceptors (Lipinski definition) is 3. The van der Waals surface area contributed by atoms with Crippen molar-refractivity contribution >= 4 is 5.78 Å². The molecule has 0 aromatic carbocycles. The molecular formula is C10H20O3. The van der Waals surface area contributed by atoms with Crippen LogP contribution in [0.25, 0.3) is 0 Å². The van der Waals surface area contributed by atoms with E-state index in [1.165, 1.54) is 0 Å². The van der Waals surface area contributed by atoms with Crippen LogP contribution < -0.4 is 0 Å². The second-order valence-corrected chi connectivity index (χ2v) is 2.98. The van der Waals surface area contributed by atoms with E-state index < -0.39 is 5.79 Å². The summed E-state index contributed by atoms with van der Waals surface area (Å²) >= 11 is 0. The first-order chi connectivity index (χ1) is 6.10. The van der Waals surface area contributed by atoms with E-state index in [-0.39, 0.29) is 5.78 Å². The van der Waals surface area contributed by atoms with Gasteiger partial charge in [-0.1, -0.05) is 6.92 Å². The van der Waals surface area contributed by atoms with Crippen molar-refractivity contribution in [1.29, 1.82) is 0 Å². The van der Waals surface area contributed by atoms with Gasteiger partial charge in [0, 0.05) is 19.6 Å². The predicted octanol–water partition coefficient (Wildman–Crippen LogP) is 2.14. The van der Waals surface area contributed by atoms with Gasteiger partial charge in [-0.05, 0) is 27.2 Å². The summed E-state index contributed by atoms with van der Waals surface area (Å²) in [6.07, 6.45) is 1.34. The van der Waals surface area contributed by atoms with Crippen molar-refractivity contribution in [3.05, 3.63) is 0 Å². The first kappa shape index (κ1) is 12.6. The van der Waals surface area contributed by atoms with Crippen LogP contribution in [0.2, 0.25) is 0 Å². The molecule has 0 aromatic rings. The number of ether oxygens (including phenoxy) is 2. The minimum Gasteiger partial charge on any atom is -0.344 e. The van der Waals surface area contributed by atoms with Crippen LogP contribution in [-0.4, -0.2) is 24.8 Å². The molecule has 13 heavy (non-hydrogen) atoms. The first-order valence-corrected chi connectivity index (χ1v) is 4.91. The van der Waals surface area contributed by atoms with E-state index in [1.807, 2.05) is 20.8 Å². The maximum Gasteiger partial charge on any atom is 0.225 e. The minimum absolute atomic E-state index is 0.0266. The number of hydrogen-bond donors (Lipinski definition) is 0. The zero-order chi connectivity index (χ0) is 10.3. The van der Waals surface area contributed by atoms with Crippen LogP contribution in [0.5, 0.6) is 0 Å². The molecule has 0 N–H and O–H groups in total. The molecule has 0 aliphatic rings. The fraction of sp³-hybridized carbons (Fsp3) is 0.900. The Kier molecular flexibility index (Phi) is 5.91. The van der Waals surface area contributed by atoms with Gasteiger partial charge in [0.1, 0.15) is 0 Å². The van der Waals surface area contributed by atoms with Gasteiger partial charge in [-0.3, -0.25) is 4.79 Å². The summed E-state index contributed by atoms with van der Waals surface area (Å²) in [6.45, 7) is 8.36. The van der Waals surface area contributed by atoms with Gasteiger partial charge >= 0.3 is 0 Å². The van der Waals surface area contributed by atoms with Gasteiger partial charge in [0.2, 0.25) is 5.79 Å². The molecule has 0 unspecified atom stereocenters. The molecule has 0 fully saturated rings. The van der Waals surface area contributed by atoms with Crippen molar-refractivity contribution in [2.24, 2.45) is 0 Å². The van der Waals surface area contributed by atoms with Crippen molar-refractivity contribution in [2.75, 3.05) is 13.2 Å². The summed E-state index contributed by atoms with van der Waals surface area (Å²) in [5.41, 5.74) is 0. The highest BCUT2D eigenvalue weighted by atomic mass is 16.7. The SMILES string of the molecule is CCCC(=O)C(C)(OCC)OCC. The quantitative estimate of drug-likeness (QED) is 0.574. The molecule has 3 heteroatoms. The highest BCUT2D eigenvalue weighted by Gasteiger charge is 2.33. The maximum absolute atomic E-state index is 11.6. The Morgan fingerprint density at radius 1 is 1.15 bits per heavy atom. The molecule has 0 rings (SSSR count). The van der Waals surface area contributed by atoms with Crippen molar-refractivity contribution in [2.45, 2.75) is 46.3 Å². The standard InChI is InChI=1S/C10H20O3/c1-5-8-9(11)10(4,12-6-2)13-7-3/h5-8H2,1-4H3. The highest BCUT2D eigenvalue weighted by Crippen LogP contribution is 2.16. The van der Waals surface area contributed by atoms with Crippen LogP contribution in [0.15, 0.2) is 0 Å². The number of ketones is 1. The number of carbonyl (C=O) groups excluding carboxylic acids is 1. The second kappa shape index (κ2) is 6.11. The van der Waals surface area contributed by atoms with Gasteiger partial charge in [-0.25, -0.2) is 0 Å². The van der Waals surface area contributed by atoms with Crippen LogP contribution in [-0.2, 0) is 14.3 Å². The van der Waals surface area contributed by atoms with Gasteiger partial charge in [0.15, 0.2) is 5.78 Å². The smallest absolute Gasteiger partial charge is 0.225 e. The van der Waals surface area contributed by atoms with E-state index in [4.69, 9.17) is 9.47 Å². The second-order valence-electron chi connectivity index (χ2n) is 2.98. The lowest BCUT2D eigenvalue weighted by molar-refractivity contribution is -0.217. The van der Waals surface area contributed by atoms with Crippen LogP contribution >= 0.6 is 0 Å². The molecule has 3 nitrogen and oxygen atoms in total. The number of carbonyl (C=O) groups is 1. The van der Waals surface area contributed by atoms with Gasteiger partial charge in [0.05, 0.1) is 0 Å². The maximum atomic E-state index is 11.6. The molecule has 0 bridgehead atoms. The number of rotatable bonds is 7. The van der Waals surface area contributed by atoms with E-state index >= 15 is 0 Å². The predicted molar refractivity (Wildman–Crippen MR) is 51.6 cm³/mol. The Morgan fingerprint density at radius 3 is 1.92 bits per heavy atom. The Hall–Kier alpha value is -0.410. The third-order valence-electron chi connectivity index (χ3n) is 1.82. The van der Waals surface area contributed by atoms with E-state index in [2.05, 4.69) is 0 Å². The van der Waals surface area contributed by atoms with Gasteiger partial charge in [-0.2, -0.15) is 0 Å². The minimum atomic E-state index is -1.03. The molecule has 0 saturated carbocycles. The summed E-state index contributed by atoms with van der Waals surface area (Å²) in [5, 5.41) is 0. The van der Waals surface area contributed by atoms with E-state index in [9.17, 15) is 4.79 Å². The molecule has 0 spiro atoms. The summed E-state index contributed by atoms with van der Waals surface area (Å²) in [7, 11) is 0. The number of Topliss-reactive ketones (excluding diaryl/α,β-unsaturated/α-hetero) is 1. The largest absolute Gasteiger partial charge is 0.344 e. The normalized spacial score (nSPS) is 11.7. The van der Waals surface area contributed by atoms with Crippen molar-refractivity contribution in [3.8, 4) is 0 Å². The summed E-state index contributed by atoms with van der Waals surface area (Å²) in [5.74, 6) is -1.00. The van der Waals surface area contributed by atoms with Crippen LogP contribution in [0.3, 0.4) is 0 Å². The first-order valence-electron chi connectivity index (χ1n) is 4.91. The molecule has 0 atom stereocenters. The summed E-state index contributed by atoms with van der Waals surface area (Å²) in [4.78, 5) is 11.6. The molecule has 0 amide bonds. The Morgan fingerprint density at radius 2 is 1.62 bits per heavy atom. The molecule has 0 aromatic heterocycles. The van der Waals surface area contributed by atoms with Crippen molar-refractivity contribution in [1.82, 2.24) is 0 Å². The Bertz CT molecular complexity index is 148. The lowest BCUT2D eigenvalue weighted by atomic mass is 10.1. The summed E-state index contributed by atoms with van der Waals surface area (Å²) < 4.78 is 10.6. The monoisotopic (exact) mass is 188 g/mol. The average Bonchev–Trinajstić information content (AvgIpc) is 2.05. The van der Waals surface area contributed by atoms with Crippen molar-refractivity contribution < 1.29 is 14.3 Å². The topological polar surface area (TPSA) is 35.5 Å². The highest BCUT2D eigenvalue weighted by molar-refractivity contribution is 5.85. The van der Waals surface area contributed by atoms with Gasteiger partial charge < -0.3 is 9.47 Å². The molecule has 0 heterocycles. The molecule has 0 aliphatic carbocycles. The average molecular weight is 188 g/mol. The lowest BCUT2D eigenvalue weighted by Gasteiger charge is -2.27. The van der Waals surface area contributed by atoms with Crippen LogP contribution in [0.4, 0.5) is 0 Å². The third-order valence-corrected chi connectivity index (χ3v) is 1.82. The lowest BCUT2D eigenvalue weighted by Crippen LogP contribution is -2.41. The molecule has 0 radical (unpaired) electrons. The van der Waals surface area contributed by atoms with E-state index in [1.54, 1.807) is 6.92 Å². The molecular weight excluding hydrogens is 168 g/mol. The fourth-order valence-corrected chi connectivity index (χ4v) is 1.21. The van der Waals surface area contributed by atoms with Gasteiger partial charge in [0.25, 0.3) is 0 Å². The van der Waals surface area contributed by atoms with Gasteiger partial charge in [-0.15, -0.1) is 0 Å². The zero-order valence-corrected chi connectivity index (χ0v) is 9.05.